The van der Waals surface area contributed by atoms with Gasteiger partial charge < -0.3 is 10.7 Å². The second kappa shape index (κ2) is 7.76. The van der Waals surface area contributed by atoms with Crippen molar-refractivity contribution < 1.29 is 13.2 Å². The van der Waals surface area contributed by atoms with Crippen LogP contribution in [0.3, 0.4) is 0 Å². The van der Waals surface area contributed by atoms with Crippen LogP contribution in [0.4, 0.5) is 5.69 Å². The highest BCUT2D eigenvalue weighted by atomic mass is 79.9. The van der Waals surface area contributed by atoms with Crippen molar-refractivity contribution in [1.29, 1.82) is 0 Å². The molecule has 5 rings (SSSR count). The van der Waals surface area contributed by atoms with Crippen LogP contribution >= 0.6 is 15.9 Å². The topological polar surface area (TPSA) is 124 Å². The molecule has 11 heteroatoms. The van der Waals surface area contributed by atoms with E-state index in [4.69, 9.17) is 5.73 Å². The number of allylic oxidation sites excluding steroid dienone is 3. The van der Waals surface area contributed by atoms with Crippen LogP contribution in [-0.2, 0) is 14.8 Å². The average Bonchev–Trinajstić information content (AvgIpc) is 3.50. The lowest BCUT2D eigenvalue weighted by molar-refractivity contribution is -0.105. The van der Waals surface area contributed by atoms with E-state index in [2.05, 4.69) is 31.0 Å². The molecule has 0 radical (unpaired) electrons. The van der Waals surface area contributed by atoms with E-state index in [1.807, 2.05) is 32.0 Å². The molecule has 1 aliphatic heterocycles. The lowest BCUT2D eigenvalue weighted by Crippen LogP contribution is -2.53. The number of aryl methyl sites for hydroxylation is 2. The molecule has 3 N–H and O–H groups in total. The van der Waals surface area contributed by atoms with Gasteiger partial charge in [0.05, 0.1) is 22.9 Å². The van der Waals surface area contributed by atoms with E-state index in [-0.39, 0.29) is 22.1 Å². The quantitative estimate of drug-likeness (QED) is 0.294. The van der Waals surface area contributed by atoms with Crippen LogP contribution in [0.1, 0.15) is 11.4 Å². The molecule has 0 saturated heterocycles. The Morgan fingerprint density at radius 2 is 1.88 bits per heavy atom. The van der Waals surface area contributed by atoms with Crippen molar-refractivity contribution in [3.8, 4) is 5.69 Å². The van der Waals surface area contributed by atoms with Crippen molar-refractivity contribution in [2.75, 3.05) is 0 Å². The van der Waals surface area contributed by atoms with E-state index >= 15 is 0 Å². The van der Waals surface area contributed by atoms with Crippen LogP contribution in [0.15, 0.2) is 81.8 Å². The number of sulfonamides is 1. The van der Waals surface area contributed by atoms with Gasteiger partial charge in [-0.3, -0.25) is 4.79 Å². The molecule has 4 aromatic rings. The third kappa shape index (κ3) is 3.08. The van der Waals surface area contributed by atoms with E-state index in [9.17, 15) is 13.2 Å². The van der Waals surface area contributed by atoms with Crippen LogP contribution in [0, 0.1) is 13.8 Å². The van der Waals surface area contributed by atoms with Gasteiger partial charge in [0.25, 0.3) is 0 Å². The third-order valence-corrected chi connectivity index (χ3v) is 8.65. The normalized spacial score (nSPS) is 18.5. The lowest BCUT2D eigenvalue weighted by atomic mass is 10.2. The van der Waals surface area contributed by atoms with Gasteiger partial charge in [0.1, 0.15) is 21.4 Å². The summed E-state index contributed by atoms with van der Waals surface area (Å²) in [6, 6.07) is 12.0. The van der Waals surface area contributed by atoms with E-state index in [0.717, 1.165) is 22.4 Å². The van der Waals surface area contributed by atoms with E-state index in [0.29, 0.717) is 16.5 Å². The van der Waals surface area contributed by atoms with E-state index in [1.54, 1.807) is 18.3 Å². The third-order valence-electron chi connectivity index (χ3n) is 5.80. The first kappa shape index (κ1) is 22.3. The maximum Gasteiger partial charge on any atom is 0.343 e. The number of aromatic nitrogens is 4. The minimum Gasteiger partial charge on any atom is -0.352 e. The monoisotopic (exact) mass is 539 g/mol. The standard InChI is InChI=1S/C23H19BrN6O3S/c1-14-3-6-19(7-4-14)34(32,33)30(17(13-31)10-20(24)23(30)25)18-11-26-29(12-18)16-5-8-21-22(9-16)28-15(2)27-21/h3-13H,1-2H3,(H2-,25,27,28,31)/p+1. The molecular weight excluding hydrogens is 520 g/mol. The largest absolute Gasteiger partial charge is 0.352 e. The number of halogens is 1. The molecule has 2 aromatic carbocycles. The number of nitrogens with zero attached hydrogens (tertiary/aromatic N) is 4. The summed E-state index contributed by atoms with van der Waals surface area (Å²) in [5.41, 5.74) is 9.75. The number of aldehydes is 1. The highest BCUT2D eigenvalue weighted by Gasteiger charge is 2.57. The van der Waals surface area contributed by atoms with Crippen LogP contribution in [0.2, 0.25) is 0 Å². The molecule has 1 unspecified atom stereocenters. The summed E-state index contributed by atoms with van der Waals surface area (Å²) in [4.78, 5) is 19.8. The maximum absolute atomic E-state index is 14.1. The fourth-order valence-electron chi connectivity index (χ4n) is 4.14. The second-order valence-electron chi connectivity index (χ2n) is 7.98. The Bertz CT molecular complexity index is 1630. The van der Waals surface area contributed by atoms with Crippen LogP contribution in [-0.4, -0.2) is 34.5 Å². The Morgan fingerprint density at radius 1 is 1.15 bits per heavy atom. The zero-order valence-electron chi connectivity index (χ0n) is 18.2. The second-order valence-corrected chi connectivity index (χ2v) is 10.8. The first-order valence-electron chi connectivity index (χ1n) is 10.2. The van der Waals surface area contributed by atoms with Crippen molar-refractivity contribution in [2.45, 2.75) is 18.7 Å². The summed E-state index contributed by atoms with van der Waals surface area (Å²) in [6.45, 7) is 3.73. The number of benzene rings is 2. The van der Waals surface area contributed by atoms with Crippen molar-refractivity contribution in [3.63, 3.8) is 0 Å². The summed E-state index contributed by atoms with van der Waals surface area (Å²) < 4.78 is 29.1. The van der Waals surface area contributed by atoms with Gasteiger partial charge in [0.15, 0.2) is 5.69 Å². The predicted octanol–water partition coefficient (Wildman–Crippen LogP) is 3.68. The number of aromatic amines is 1. The molecule has 172 valence electrons. The Labute approximate surface area is 204 Å². The van der Waals surface area contributed by atoms with Crippen LogP contribution in [0.25, 0.3) is 16.7 Å². The van der Waals surface area contributed by atoms with Gasteiger partial charge in [-0.05, 0) is 60.1 Å². The molecule has 34 heavy (non-hydrogen) atoms. The number of carbonyl (C=O) groups excluding carboxylic acids is 1. The first-order valence-corrected chi connectivity index (χ1v) is 12.5. The van der Waals surface area contributed by atoms with E-state index in [1.165, 1.54) is 29.1 Å². The number of hydrogen-bond donors (Lipinski definition) is 2. The molecule has 2 aromatic heterocycles. The molecule has 0 saturated carbocycles. The smallest absolute Gasteiger partial charge is 0.343 e. The Kier molecular flexibility index (Phi) is 5.08. The van der Waals surface area contributed by atoms with Gasteiger partial charge in [-0.15, -0.1) is 0 Å². The van der Waals surface area contributed by atoms with Gasteiger partial charge >= 0.3 is 10.0 Å². The minimum absolute atomic E-state index is 0.0252. The number of quaternary nitrogens is 1. The SMILES string of the molecule is Cc1ccc(S(=O)(=O)[N+]2(c3cnn(-c4ccc5[nH]c(C)nc5c4)c3)C(C=O)=CC(Br)=C2N)cc1. The molecule has 3 heterocycles. The lowest BCUT2D eigenvalue weighted by Gasteiger charge is -2.31. The number of nitrogens with two attached hydrogens (primary N) is 1. The Morgan fingerprint density at radius 3 is 2.59 bits per heavy atom. The number of nitrogens with one attached hydrogen (secondary N) is 1. The maximum atomic E-state index is 14.1. The average molecular weight is 540 g/mol. The highest BCUT2D eigenvalue weighted by molar-refractivity contribution is 9.11. The first-order chi connectivity index (χ1) is 16.2. The van der Waals surface area contributed by atoms with E-state index < -0.39 is 13.9 Å². The number of rotatable bonds is 5. The zero-order valence-corrected chi connectivity index (χ0v) is 20.6. The molecule has 0 amide bonds. The number of fused-ring (bicyclic) bond motifs is 1. The molecule has 0 fully saturated rings. The van der Waals surface area contributed by atoms with Gasteiger partial charge in [0.2, 0.25) is 17.8 Å². The molecule has 9 nitrogen and oxygen atoms in total. The van der Waals surface area contributed by atoms with Crippen LogP contribution in [0.5, 0.6) is 0 Å². The van der Waals surface area contributed by atoms with Crippen LogP contribution < -0.4 is 9.62 Å². The number of carbonyl (C=O) groups is 1. The molecule has 0 aliphatic carbocycles. The molecule has 1 aliphatic rings. The fourth-order valence-corrected chi connectivity index (χ4v) is 6.65. The van der Waals surface area contributed by atoms with Gasteiger partial charge in [-0.25, -0.2) is 9.67 Å². The summed E-state index contributed by atoms with van der Waals surface area (Å²) in [5.74, 6) is 0.725. The molecule has 0 spiro atoms. The Hall–Kier alpha value is -3.54. The van der Waals surface area contributed by atoms with Crippen molar-refractivity contribution >= 4 is 49.0 Å². The number of imidazole rings is 1. The summed E-state index contributed by atoms with van der Waals surface area (Å²) in [7, 11) is -4.26. The summed E-state index contributed by atoms with van der Waals surface area (Å²) >= 11 is 3.32. The van der Waals surface area contributed by atoms with Crippen molar-refractivity contribution in [2.24, 2.45) is 5.73 Å². The van der Waals surface area contributed by atoms with Gasteiger partial charge in [-0.2, -0.15) is 13.5 Å². The van der Waals surface area contributed by atoms with Crippen molar-refractivity contribution in [1.82, 2.24) is 23.6 Å². The zero-order chi connectivity index (χ0) is 24.3. The van der Waals surface area contributed by atoms with Gasteiger partial charge in [0, 0.05) is 6.08 Å². The fraction of sp³-hybridized carbons (Fsp3) is 0.0870. The number of H-pyrrole nitrogens is 1. The minimum atomic E-state index is -4.26. The van der Waals surface area contributed by atoms with Crippen molar-refractivity contribution in [3.05, 3.63) is 88.3 Å². The number of hydrogen-bond acceptors (Lipinski definition) is 6. The highest BCUT2D eigenvalue weighted by Crippen LogP contribution is 2.45. The molecule has 1 atom stereocenters. The molecule has 0 bridgehead atoms. The predicted molar refractivity (Wildman–Crippen MR) is 132 cm³/mol. The summed E-state index contributed by atoms with van der Waals surface area (Å²) in [5, 5.41) is 4.40. The Balaban J connectivity index is 1.73. The summed E-state index contributed by atoms with van der Waals surface area (Å²) in [6.07, 6.45) is 4.89. The molecular formula is C23H20BrN6O3S+. The van der Waals surface area contributed by atoms with Gasteiger partial charge in [-0.1, -0.05) is 21.6 Å².